The minimum Gasteiger partial charge on any atom is -0.118 e. The first kappa shape index (κ1) is 12.7. The van der Waals surface area contributed by atoms with Gasteiger partial charge in [0, 0.05) is 0 Å². The average molecular weight is 271 g/mol. The molecule has 0 aromatic heterocycles. The van der Waals surface area contributed by atoms with Gasteiger partial charge in [-0.2, -0.15) is 0 Å². The van der Waals surface area contributed by atoms with Crippen molar-refractivity contribution in [3.63, 3.8) is 0 Å². The third-order valence-corrected chi connectivity index (χ3v) is 4.20. The summed E-state index contributed by atoms with van der Waals surface area (Å²) in [4.78, 5) is 0. The molecule has 1 aliphatic rings. The lowest BCUT2D eigenvalue weighted by Crippen LogP contribution is -2.21. The Balaban J connectivity index is 2.04. The zero-order valence-corrected chi connectivity index (χ0v) is 12.2. The Morgan fingerprint density at radius 3 is 2.53 bits per heavy atom. The third-order valence-electron chi connectivity index (χ3n) is 3.92. The number of benzene rings is 2. The Bertz CT molecular complexity index is 637. The minimum atomic E-state index is 0.158. The van der Waals surface area contributed by atoms with Crippen molar-refractivity contribution in [3.8, 4) is 0 Å². The number of alkyl halides is 1. The van der Waals surface area contributed by atoms with Crippen molar-refractivity contribution in [1.29, 1.82) is 0 Å². The van der Waals surface area contributed by atoms with Gasteiger partial charge in [0.05, 0.1) is 5.38 Å². The van der Waals surface area contributed by atoms with Crippen LogP contribution in [0.3, 0.4) is 0 Å². The van der Waals surface area contributed by atoms with Crippen molar-refractivity contribution in [1.82, 2.24) is 0 Å². The summed E-state index contributed by atoms with van der Waals surface area (Å²) in [5.74, 6) is 0. The smallest absolute Gasteiger partial charge is 0.0527 e. The van der Waals surface area contributed by atoms with E-state index in [0.29, 0.717) is 5.41 Å². The molecule has 0 radical (unpaired) electrons. The topological polar surface area (TPSA) is 0 Å². The highest BCUT2D eigenvalue weighted by molar-refractivity contribution is 6.22. The summed E-state index contributed by atoms with van der Waals surface area (Å²) in [6.07, 6.45) is 4.40. The van der Waals surface area contributed by atoms with Crippen molar-refractivity contribution < 1.29 is 0 Å². The first-order valence-corrected chi connectivity index (χ1v) is 7.31. The molecule has 0 bridgehead atoms. The van der Waals surface area contributed by atoms with E-state index in [0.717, 1.165) is 12.8 Å². The number of allylic oxidation sites excluding steroid dienone is 2. The van der Waals surface area contributed by atoms with E-state index in [4.69, 9.17) is 11.6 Å². The van der Waals surface area contributed by atoms with Gasteiger partial charge in [-0.25, -0.2) is 0 Å². The second kappa shape index (κ2) is 4.68. The van der Waals surface area contributed by atoms with Crippen molar-refractivity contribution >= 4 is 27.9 Å². The molecule has 2 aromatic carbocycles. The zero-order valence-electron chi connectivity index (χ0n) is 11.5. The summed E-state index contributed by atoms with van der Waals surface area (Å²) in [5, 5.41) is 2.75. The molecule has 0 saturated carbocycles. The van der Waals surface area contributed by atoms with Crippen LogP contribution in [-0.2, 0) is 0 Å². The van der Waals surface area contributed by atoms with Gasteiger partial charge >= 0.3 is 0 Å². The second-order valence-electron chi connectivity index (χ2n) is 6.31. The van der Waals surface area contributed by atoms with E-state index < -0.39 is 0 Å². The summed E-state index contributed by atoms with van der Waals surface area (Å²) in [6.45, 7) is 4.60. The molecule has 0 heterocycles. The van der Waals surface area contributed by atoms with E-state index >= 15 is 0 Å². The lowest BCUT2D eigenvalue weighted by molar-refractivity contribution is 0.340. The van der Waals surface area contributed by atoms with Crippen molar-refractivity contribution in [2.24, 2.45) is 5.41 Å². The molecule has 3 rings (SSSR count). The van der Waals surface area contributed by atoms with E-state index in [2.05, 4.69) is 62.4 Å². The zero-order chi connectivity index (χ0) is 13.5. The SMILES string of the molecule is CC1(C)CC(c2ccc3ccccc3c2)=CC(Cl)C1. The van der Waals surface area contributed by atoms with E-state index in [1.165, 1.54) is 21.9 Å². The quantitative estimate of drug-likeness (QED) is 0.587. The monoisotopic (exact) mass is 270 g/mol. The summed E-state index contributed by atoms with van der Waals surface area (Å²) < 4.78 is 0. The highest BCUT2D eigenvalue weighted by atomic mass is 35.5. The van der Waals surface area contributed by atoms with E-state index in [1.807, 2.05) is 0 Å². The third kappa shape index (κ3) is 2.69. The number of hydrogen-bond donors (Lipinski definition) is 0. The van der Waals surface area contributed by atoms with Crippen LogP contribution in [0.2, 0.25) is 0 Å². The van der Waals surface area contributed by atoms with Crippen molar-refractivity contribution in [3.05, 3.63) is 54.1 Å². The largest absolute Gasteiger partial charge is 0.118 e. The van der Waals surface area contributed by atoms with E-state index in [9.17, 15) is 0 Å². The van der Waals surface area contributed by atoms with Crippen LogP contribution in [0.1, 0.15) is 32.3 Å². The van der Waals surface area contributed by atoms with Gasteiger partial charge in [0.1, 0.15) is 0 Å². The molecule has 1 unspecified atom stereocenters. The molecule has 0 saturated heterocycles. The van der Waals surface area contributed by atoms with Gasteiger partial charge in [-0.15, -0.1) is 11.6 Å². The van der Waals surface area contributed by atoms with Crippen molar-refractivity contribution in [2.45, 2.75) is 32.1 Å². The molecule has 98 valence electrons. The predicted octanol–water partition coefficient (Wildman–Crippen LogP) is 5.65. The Morgan fingerprint density at radius 1 is 1.05 bits per heavy atom. The van der Waals surface area contributed by atoms with Gasteiger partial charge in [0.25, 0.3) is 0 Å². The summed E-state index contributed by atoms with van der Waals surface area (Å²) in [6, 6.07) is 15.2. The standard InChI is InChI=1S/C18H19Cl/c1-18(2)11-16(10-17(19)12-18)15-8-7-13-5-3-4-6-14(13)9-15/h3-10,17H,11-12H2,1-2H3. The summed E-state index contributed by atoms with van der Waals surface area (Å²) >= 11 is 6.39. The lowest BCUT2D eigenvalue weighted by atomic mass is 9.75. The first-order chi connectivity index (χ1) is 9.03. The van der Waals surface area contributed by atoms with Crippen LogP contribution in [0.4, 0.5) is 0 Å². The molecular weight excluding hydrogens is 252 g/mol. The fourth-order valence-electron chi connectivity index (χ4n) is 3.04. The van der Waals surface area contributed by atoms with Crippen LogP contribution in [0.15, 0.2) is 48.5 Å². The van der Waals surface area contributed by atoms with Crippen LogP contribution in [0, 0.1) is 5.41 Å². The van der Waals surface area contributed by atoms with Crippen LogP contribution < -0.4 is 0 Å². The fourth-order valence-corrected chi connectivity index (χ4v) is 3.61. The Morgan fingerprint density at radius 2 is 1.79 bits per heavy atom. The highest BCUT2D eigenvalue weighted by Gasteiger charge is 2.28. The molecule has 0 spiro atoms. The molecule has 1 atom stereocenters. The average Bonchev–Trinajstić information content (AvgIpc) is 2.36. The lowest BCUT2D eigenvalue weighted by Gasteiger charge is -2.32. The number of hydrogen-bond acceptors (Lipinski definition) is 0. The summed E-state index contributed by atoms with van der Waals surface area (Å²) in [7, 11) is 0. The summed E-state index contributed by atoms with van der Waals surface area (Å²) in [5.41, 5.74) is 3.00. The Hall–Kier alpha value is -1.27. The van der Waals surface area contributed by atoms with Crippen LogP contribution in [0.25, 0.3) is 16.3 Å². The normalized spacial score (nSPS) is 22.3. The maximum absolute atomic E-state index is 6.39. The van der Waals surface area contributed by atoms with Gasteiger partial charge in [-0.3, -0.25) is 0 Å². The molecule has 2 aromatic rings. The van der Waals surface area contributed by atoms with E-state index in [1.54, 1.807) is 0 Å². The van der Waals surface area contributed by atoms with Crippen LogP contribution in [-0.4, -0.2) is 5.38 Å². The van der Waals surface area contributed by atoms with Crippen LogP contribution in [0.5, 0.6) is 0 Å². The Kier molecular flexibility index (Phi) is 3.14. The molecule has 0 amide bonds. The van der Waals surface area contributed by atoms with Gasteiger partial charge in [-0.05, 0) is 46.2 Å². The fraction of sp³-hybridized carbons (Fsp3) is 0.333. The number of rotatable bonds is 1. The van der Waals surface area contributed by atoms with Gasteiger partial charge < -0.3 is 0 Å². The number of halogens is 1. The first-order valence-electron chi connectivity index (χ1n) is 6.87. The van der Waals surface area contributed by atoms with Gasteiger partial charge in [0.15, 0.2) is 0 Å². The highest BCUT2D eigenvalue weighted by Crippen LogP contribution is 2.41. The molecule has 1 aliphatic carbocycles. The molecule has 0 aliphatic heterocycles. The molecule has 0 N–H and O–H groups in total. The van der Waals surface area contributed by atoms with Gasteiger partial charge in [-0.1, -0.05) is 56.3 Å². The van der Waals surface area contributed by atoms with E-state index in [-0.39, 0.29) is 5.38 Å². The van der Waals surface area contributed by atoms with Gasteiger partial charge in [0.2, 0.25) is 0 Å². The second-order valence-corrected chi connectivity index (χ2v) is 6.88. The van der Waals surface area contributed by atoms with Crippen LogP contribution >= 0.6 is 11.6 Å². The minimum absolute atomic E-state index is 0.158. The molecule has 19 heavy (non-hydrogen) atoms. The molecule has 0 fully saturated rings. The van der Waals surface area contributed by atoms with Crippen molar-refractivity contribution in [2.75, 3.05) is 0 Å². The number of fused-ring (bicyclic) bond motifs is 1. The molecule has 1 heteroatoms. The Labute approximate surface area is 120 Å². The molecule has 0 nitrogen and oxygen atoms in total. The maximum Gasteiger partial charge on any atom is 0.0527 e. The molecular formula is C18H19Cl. The predicted molar refractivity (Wildman–Crippen MR) is 84.6 cm³/mol. The maximum atomic E-state index is 6.39.